The van der Waals surface area contributed by atoms with E-state index < -0.39 is 0 Å². The summed E-state index contributed by atoms with van der Waals surface area (Å²) < 4.78 is 7.12. The second-order valence-electron chi connectivity index (χ2n) is 3.28. The third kappa shape index (κ3) is 1.56. The molecule has 13 heavy (non-hydrogen) atoms. The third-order valence-corrected chi connectivity index (χ3v) is 3.55. The predicted molar refractivity (Wildman–Crippen MR) is 52.1 cm³/mol. The van der Waals surface area contributed by atoms with Gasteiger partial charge in [-0.15, -0.1) is 11.3 Å². The molecule has 0 aromatic carbocycles. The fourth-order valence-corrected chi connectivity index (χ4v) is 2.93. The van der Waals surface area contributed by atoms with E-state index in [2.05, 4.69) is 4.57 Å². The lowest BCUT2D eigenvalue weighted by Crippen LogP contribution is -2.18. The lowest BCUT2D eigenvalue weighted by molar-refractivity contribution is 0.185. The molecule has 0 unspecified atom stereocenters. The van der Waals surface area contributed by atoms with Crippen molar-refractivity contribution in [3.05, 3.63) is 15.4 Å². The number of thiazole rings is 1. The molecule has 1 aliphatic carbocycles. The van der Waals surface area contributed by atoms with Crippen molar-refractivity contribution in [2.24, 2.45) is 0 Å². The van der Waals surface area contributed by atoms with Crippen LogP contribution in [-0.2, 0) is 24.1 Å². The second kappa shape index (κ2) is 3.64. The Morgan fingerprint density at radius 2 is 2.38 bits per heavy atom. The Kier molecular flexibility index (Phi) is 2.51. The fourth-order valence-electron chi connectivity index (χ4n) is 1.81. The van der Waals surface area contributed by atoms with Crippen LogP contribution in [-0.4, -0.2) is 18.3 Å². The second-order valence-corrected chi connectivity index (χ2v) is 4.36. The Morgan fingerprint density at radius 3 is 3.15 bits per heavy atom. The maximum atomic E-state index is 7.77. The molecule has 0 saturated heterocycles. The molecular weight excluding hydrogens is 184 g/mol. The largest absolute Gasteiger partial charge is 0.383 e. The van der Waals surface area contributed by atoms with Gasteiger partial charge in [0.15, 0.2) is 4.80 Å². The molecule has 2 rings (SSSR count). The lowest BCUT2D eigenvalue weighted by atomic mass is 10.3. The zero-order valence-corrected chi connectivity index (χ0v) is 8.62. The molecule has 0 saturated carbocycles. The molecule has 0 atom stereocenters. The van der Waals surface area contributed by atoms with Crippen LogP contribution in [0.25, 0.3) is 0 Å². The summed E-state index contributed by atoms with van der Waals surface area (Å²) in [5.41, 5.74) is 1.38. The SMILES string of the molecule is COCCn1c2c(sc1=N)CCC2. The van der Waals surface area contributed by atoms with Gasteiger partial charge in [-0.25, -0.2) is 0 Å². The molecule has 0 radical (unpaired) electrons. The van der Waals surface area contributed by atoms with Gasteiger partial charge in [0, 0.05) is 24.2 Å². The van der Waals surface area contributed by atoms with E-state index in [9.17, 15) is 0 Å². The molecule has 0 spiro atoms. The van der Waals surface area contributed by atoms with Gasteiger partial charge in [-0.3, -0.25) is 5.41 Å². The van der Waals surface area contributed by atoms with Gasteiger partial charge in [-0.2, -0.15) is 0 Å². The molecule has 0 bridgehead atoms. The third-order valence-electron chi connectivity index (χ3n) is 2.45. The summed E-state index contributed by atoms with van der Waals surface area (Å²) in [6.45, 7) is 1.54. The van der Waals surface area contributed by atoms with Gasteiger partial charge < -0.3 is 9.30 Å². The maximum Gasteiger partial charge on any atom is 0.182 e. The van der Waals surface area contributed by atoms with Crippen LogP contribution in [0.2, 0.25) is 0 Å². The van der Waals surface area contributed by atoms with Crippen LogP contribution in [0.5, 0.6) is 0 Å². The van der Waals surface area contributed by atoms with Crippen LogP contribution >= 0.6 is 11.3 Å². The normalized spacial score (nSPS) is 14.8. The van der Waals surface area contributed by atoms with E-state index in [1.807, 2.05) is 0 Å². The number of aryl methyl sites for hydroxylation is 1. The van der Waals surface area contributed by atoms with E-state index in [0.717, 1.165) is 13.0 Å². The van der Waals surface area contributed by atoms with Gasteiger partial charge in [-0.1, -0.05) is 0 Å². The van der Waals surface area contributed by atoms with Crippen molar-refractivity contribution < 1.29 is 4.74 Å². The van der Waals surface area contributed by atoms with Crippen LogP contribution in [0.1, 0.15) is 17.0 Å². The smallest absolute Gasteiger partial charge is 0.182 e. The summed E-state index contributed by atoms with van der Waals surface area (Å²) >= 11 is 1.63. The van der Waals surface area contributed by atoms with Crippen molar-refractivity contribution in [3.8, 4) is 0 Å². The highest BCUT2D eigenvalue weighted by molar-refractivity contribution is 7.09. The van der Waals surface area contributed by atoms with Crippen LogP contribution in [0, 0.1) is 5.41 Å². The van der Waals surface area contributed by atoms with Crippen molar-refractivity contribution in [1.29, 1.82) is 5.41 Å². The van der Waals surface area contributed by atoms with Gasteiger partial charge in [0.1, 0.15) is 0 Å². The fraction of sp³-hybridized carbons (Fsp3) is 0.667. The summed E-state index contributed by atoms with van der Waals surface area (Å²) in [5.74, 6) is 0. The summed E-state index contributed by atoms with van der Waals surface area (Å²) in [4.78, 5) is 2.10. The molecular formula is C9H14N2OS. The van der Waals surface area contributed by atoms with E-state index in [1.54, 1.807) is 18.4 Å². The minimum atomic E-state index is 0.682. The number of aromatic nitrogens is 1. The summed E-state index contributed by atoms with van der Waals surface area (Å²) in [6, 6.07) is 0. The number of nitrogens with one attached hydrogen (secondary N) is 1. The molecule has 4 heteroatoms. The molecule has 0 aliphatic heterocycles. The van der Waals surface area contributed by atoms with Gasteiger partial charge >= 0.3 is 0 Å². The summed E-state index contributed by atoms with van der Waals surface area (Å²) in [5, 5.41) is 7.77. The zero-order valence-electron chi connectivity index (χ0n) is 7.80. The zero-order chi connectivity index (χ0) is 9.26. The first-order valence-electron chi connectivity index (χ1n) is 4.58. The standard InChI is InChI=1S/C9H14N2OS/c1-12-6-5-11-7-3-2-4-8(7)13-9(11)10/h10H,2-6H2,1H3. The van der Waals surface area contributed by atoms with Crippen LogP contribution in [0.15, 0.2) is 0 Å². The molecule has 0 amide bonds. The summed E-state index contributed by atoms with van der Waals surface area (Å²) in [6.07, 6.45) is 3.58. The van der Waals surface area contributed by atoms with Crippen molar-refractivity contribution >= 4 is 11.3 Å². The van der Waals surface area contributed by atoms with Gasteiger partial charge in [0.2, 0.25) is 0 Å². The lowest BCUT2D eigenvalue weighted by Gasteiger charge is -2.04. The highest BCUT2D eigenvalue weighted by Crippen LogP contribution is 2.23. The molecule has 1 heterocycles. The summed E-state index contributed by atoms with van der Waals surface area (Å²) in [7, 11) is 1.71. The van der Waals surface area contributed by atoms with E-state index in [4.69, 9.17) is 10.1 Å². The first kappa shape index (κ1) is 8.97. The van der Waals surface area contributed by atoms with Gasteiger partial charge in [0.25, 0.3) is 0 Å². The molecule has 1 aromatic heterocycles. The van der Waals surface area contributed by atoms with Crippen molar-refractivity contribution in [3.63, 3.8) is 0 Å². The van der Waals surface area contributed by atoms with E-state index in [-0.39, 0.29) is 0 Å². The van der Waals surface area contributed by atoms with Crippen LogP contribution in [0.4, 0.5) is 0 Å². The minimum absolute atomic E-state index is 0.682. The Hall–Kier alpha value is -0.610. The van der Waals surface area contributed by atoms with Crippen LogP contribution < -0.4 is 4.80 Å². The number of rotatable bonds is 3. The number of nitrogens with zero attached hydrogens (tertiary/aromatic N) is 1. The predicted octanol–water partition coefficient (Wildman–Crippen LogP) is 1.16. The molecule has 3 nitrogen and oxygen atoms in total. The molecule has 72 valence electrons. The number of ether oxygens (including phenoxy) is 1. The topological polar surface area (TPSA) is 38.0 Å². The molecule has 1 aromatic rings. The van der Waals surface area contributed by atoms with E-state index >= 15 is 0 Å². The first-order valence-corrected chi connectivity index (χ1v) is 5.39. The van der Waals surface area contributed by atoms with E-state index in [0.29, 0.717) is 11.4 Å². The Bertz CT molecular complexity index is 353. The maximum absolute atomic E-state index is 7.77. The molecule has 0 fully saturated rings. The Balaban J connectivity index is 2.28. The van der Waals surface area contributed by atoms with E-state index in [1.165, 1.54) is 23.4 Å². The average Bonchev–Trinajstić information content (AvgIpc) is 2.62. The van der Waals surface area contributed by atoms with Crippen molar-refractivity contribution in [2.45, 2.75) is 25.8 Å². The number of hydrogen-bond acceptors (Lipinski definition) is 3. The quantitative estimate of drug-likeness (QED) is 0.777. The van der Waals surface area contributed by atoms with Gasteiger partial charge in [-0.05, 0) is 19.3 Å². The van der Waals surface area contributed by atoms with Crippen LogP contribution in [0.3, 0.4) is 0 Å². The Morgan fingerprint density at radius 1 is 1.54 bits per heavy atom. The number of fused-ring (bicyclic) bond motifs is 1. The number of methoxy groups -OCH3 is 1. The minimum Gasteiger partial charge on any atom is -0.383 e. The van der Waals surface area contributed by atoms with Crippen molar-refractivity contribution in [2.75, 3.05) is 13.7 Å². The average molecular weight is 198 g/mol. The molecule has 1 aliphatic rings. The monoisotopic (exact) mass is 198 g/mol. The van der Waals surface area contributed by atoms with Crippen molar-refractivity contribution in [1.82, 2.24) is 4.57 Å². The molecule has 1 N–H and O–H groups in total. The highest BCUT2D eigenvalue weighted by atomic mass is 32.1. The Labute approximate surface area is 81.5 Å². The number of hydrogen-bond donors (Lipinski definition) is 1. The first-order chi connectivity index (χ1) is 6.33. The van der Waals surface area contributed by atoms with Gasteiger partial charge in [0.05, 0.1) is 6.61 Å². The highest BCUT2D eigenvalue weighted by Gasteiger charge is 2.17.